The average Bonchev–Trinajstić information content (AvgIpc) is 2.67. The van der Waals surface area contributed by atoms with Gasteiger partial charge in [0.15, 0.2) is 11.5 Å². The summed E-state index contributed by atoms with van der Waals surface area (Å²) >= 11 is 0. The molecule has 0 unspecified atom stereocenters. The van der Waals surface area contributed by atoms with Gasteiger partial charge in [0, 0.05) is 32.6 Å². The van der Waals surface area contributed by atoms with Gasteiger partial charge >= 0.3 is 5.69 Å². The summed E-state index contributed by atoms with van der Waals surface area (Å²) in [7, 11) is 1.73. The highest BCUT2D eigenvalue weighted by Crippen LogP contribution is 2.30. The number of unbranched alkanes of at least 4 members (excludes halogenated alkanes) is 1. The first-order valence-corrected chi connectivity index (χ1v) is 9.73. The molecule has 8 nitrogen and oxygen atoms in total. The molecule has 0 atom stereocenters. The van der Waals surface area contributed by atoms with Gasteiger partial charge in [-0.3, -0.25) is 14.2 Å². The Bertz CT molecular complexity index is 932. The third-order valence-electron chi connectivity index (χ3n) is 4.47. The maximum Gasteiger partial charge on any atom is 0.328 e. The van der Waals surface area contributed by atoms with Crippen molar-refractivity contribution in [2.24, 2.45) is 0 Å². The third kappa shape index (κ3) is 4.94. The highest BCUT2D eigenvalue weighted by atomic mass is 16.5. The molecule has 0 aliphatic rings. The zero-order valence-corrected chi connectivity index (χ0v) is 17.0. The Morgan fingerprint density at radius 1 is 1.11 bits per heavy atom. The van der Waals surface area contributed by atoms with Crippen molar-refractivity contribution >= 4 is 16.8 Å². The van der Waals surface area contributed by atoms with Crippen molar-refractivity contribution < 1.29 is 14.3 Å². The molecular weight excluding hydrogens is 362 g/mol. The van der Waals surface area contributed by atoms with Gasteiger partial charge < -0.3 is 19.4 Å². The molecule has 0 saturated heterocycles. The van der Waals surface area contributed by atoms with E-state index in [4.69, 9.17) is 9.47 Å². The number of hydrogen-bond acceptors (Lipinski definition) is 5. The first-order valence-electron chi connectivity index (χ1n) is 9.73. The molecule has 0 spiro atoms. The van der Waals surface area contributed by atoms with Gasteiger partial charge in [0.2, 0.25) is 5.91 Å². The minimum Gasteiger partial charge on any atom is -0.490 e. The molecular formula is C20H29N3O5. The van der Waals surface area contributed by atoms with Crippen molar-refractivity contribution in [3.05, 3.63) is 33.0 Å². The van der Waals surface area contributed by atoms with Gasteiger partial charge in [-0.15, -0.1) is 0 Å². The van der Waals surface area contributed by atoms with Gasteiger partial charge in [0.1, 0.15) is 0 Å². The number of amides is 1. The van der Waals surface area contributed by atoms with Crippen LogP contribution in [0.1, 0.15) is 40.0 Å². The number of benzene rings is 1. The predicted octanol–water partition coefficient (Wildman–Crippen LogP) is 2.14. The number of aromatic nitrogens is 2. The average molecular weight is 391 g/mol. The van der Waals surface area contributed by atoms with E-state index in [1.165, 1.54) is 0 Å². The van der Waals surface area contributed by atoms with Crippen LogP contribution in [0.5, 0.6) is 11.5 Å². The predicted molar refractivity (Wildman–Crippen MR) is 108 cm³/mol. The van der Waals surface area contributed by atoms with E-state index in [0.717, 1.165) is 17.4 Å². The lowest BCUT2D eigenvalue weighted by Gasteiger charge is -2.17. The summed E-state index contributed by atoms with van der Waals surface area (Å²) in [6.07, 6.45) is 2.00. The Hall–Kier alpha value is -2.77. The van der Waals surface area contributed by atoms with E-state index in [-0.39, 0.29) is 18.9 Å². The second-order valence-electron chi connectivity index (χ2n) is 6.52. The van der Waals surface area contributed by atoms with Crippen molar-refractivity contribution in [2.45, 2.75) is 46.6 Å². The van der Waals surface area contributed by atoms with Crippen molar-refractivity contribution in [1.82, 2.24) is 14.5 Å². The number of H-pyrrole nitrogens is 1. The molecule has 1 amide bonds. The highest BCUT2D eigenvalue weighted by Gasteiger charge is 2.15. The van der Waals surface area contributed by atoms with Crippen LogP contribution in [0.15, 0.2) is 21.7 Å². The van der Waals surface area contributed by atoms with Crippen molar-refractivity contribution in [2.75, 3.05) is 26.8 Å². The quantitative estimate of drug-likeness (QED) is 0.670. The van der Waals surface area contributed by atoms with Crippen LogP contribution in [0, 0.1) is 0 Å². The number of nitrogens with one attached hydrogen (secondary N) is 1. The molecule has 2 rings (SSSR count). The fourth-order valence-electron chi connectivity index (χ4n) is 2.92. The molecule has 0 aliphatic carbocycles. The lowest BCUT2D eigenvalue weighted by molar-refractivity contribution is -0.130. The van der Waals surface area contributed by atoms with Crippen LogP contribution in [0.3, 0.4) is 0 Å². The maximum absolute atomic E-state index is 12.9. The number of hydrogen-bond donors (Lipinski definition) is 1. The first-order chi connectivity index (χ1) is 13.4. The summed E-state index contributed by atoms with van der Waals surface area (Å²) in [5, 5.41) is 0.318. The fourth-order valence-corrected chi connectivity index (χ4v) is 2.92. The molecule has 1 aromatic carbocycles. The molecule has 8 heteroatoms. The minimum absolute atomic E-state index is 0.0244. The Labute approximate surface area is 164 Å². The van der Waals surface area contributed by atoms with Gasteiger partial charge in [-0.2, -0.15) is 0 Å². The molecule has 1 aromatic heterocycles. The van der Waals surface area contributed by atoms with E-state index in [1.807, 2.05) is 13.8 Å². The van der Waals surface area contributed by atoms with Crippen LogP contribution >= 0.6 is 0 Å². The van der Waals surface area contributed by atoms with E-state index >= 15 is 0 Å². The van der Waals surface area contributed by atoms with Gasteiger partial charge in [-0.05, 0) is 26.3 Å². The molecule has 154 valence electrons. The molecule has 1 N–H and O–H groups in total. The monoisotopic (exact) mass is 391 g/mol. The van der Waals surface area contributed by atoms with Gasteiger partial charge in [-0.1, -0.05) is 13.3 Å². The molecule has 1 heterocycles. The Morgan fingerprint density at radius 3 is 2.36 bits per heavy atom. The zero-order chi connectivity index (χ0) is 20.7. The zero-order valence-electron chi connectivity index (χ0n) is 17.0. The fraction of sp³-hybridized carbons (Fsp3) is 0.550. The molecule has 0 bridgehead atoms. The highest BCUT2D eigenvalue weighted by molar-refractivity contribution is 5.81. The van der Waals surface area contributed by atoms with Crippen molar-refractivity contribution in [1.29, 1.82) is 0 Å². The number of aromatic amines is 1. The van der Waals surface area contributed by atoms with E-state index in [0.29, 0.717) is 42.2 Å². The molecule has 0 saturated carbocycles. The van der Waals surface area contributed by atoms with E-state index in [2.05, 4.69) is 11.9 Å². The largest absolute Gasteiger partial charge is 0.490 e. The lowest BCUT2D eigenvalue weighted by atomic mass is 10.2. The normalized spacial score (nSPS) is 10.9. The Balaban J connectivity index is 2.35. The first kappa shape index (κ1) is 21.5. The van der Waals surface area contributed by atoms with Gasteiger partial charge in [0.25, 0.3) is 5.56 Å². The number of carbonyl (C=O) groups excluding carboxylic acids is 1. The summed E-state index contributed by atoms with van der Waals surface area (Å²) in [4.78, 5) is 41.8. The smallest absolute Gasteiger partial charge is 0.328 e. The maximum atomic E-state index is 12.9. The van der Waals surface area contributed by atoms with E-state index < -0.39 is 11.2 Å². The van der Waals surface area contributed by atoms with Crippen LogP contribution in [-0.2, 0) is 11.3 Å². The van der Waals surface area contributed by atoms with Crippen LogP contribution in [0.2, 0.25) is 0 Å². The second-order valence-corrected chi connectivity index (χ2v) is 6.52. The summed E-state index contributed by atoms with van der Waals surface area (Å²) < 4.78 is 12.2. The number of ether oxygens (including phenoxy) is 2. The topological polar surface area (TPSA) is 93.6 Å². The van der Waals surface area contributed by atoms with Gasteiger partial charge in [-0.25, -0.2) is 4.79 Å². The minimum atomic E-state index is -0.548. The number of fused-ring (bicyclic) bond motifs is 1. The Morgan fingerprint density at radius 2 is 1.75 bits per heavy atom. The molecule has 2 aromatic rings. The number of nitrogens with zero attached hydrogens (tertiary/aromatic N) is 2. The van der Waals surface area contributed by atoms with Crippen LogP contribution in [0.25, 0.3) is 10.9 Å². The number of carbonyl (C=O) groups is 1. The summed E-state index contributed by atoms with van der Waals surface area (Å²) in [6, 6.07) is 3.18. The van der Waals surface area contributed by atoms with E-state index in [9.17, 15) is 14.4 Å². The van der Waals surface area contributed by atoms with Crippen LogP contribution in [0.4, 0.5) is 0 Å². The second kappa shape index (κ2) is 9.96. The summed E-state index contributed by atoms with van der Waals surface area (Å²) in [5.74, 6) is 0.821. The SMILES string of the molecule is CCCCN(C)C(=O)CCn1c(=O)[nH]c2cc(OCC)c(OCC)cc2c1=O. The Kier molecular flexibility index (Phi) is 7.66. The lowest BCUT2D eigenvalue weighted by Crippen LogP contribution is -2.37. The summed E-state index contributed by atoms with van der Waals surface area (Å²) in [5.41, 5.74) is -0.621. The summed E-state index contributed by atoms with van der Waals surface area (Å²) in [6.45, 7) is 7.27. The standard InChI is InChI=1S/C20H29N3O5/c1-5-8-10-22(4)18(24)9-11-23-19(25)14-12-16(27-6-2)17(28-7-3)13-15(14)21-20(23)26/h12-13H,5-11H2,1-4H3,(H,21,26). The van der Waals surface area contributed by atoms with Crippen molar-refractivity contribution in [3.63, 3.8) is 0 Å². The molecule has 0 radical (unpaired) electrons. The van der Waals surface area contributed by atoms with E-state index in [1.54, 1.807) is 24.1 Å². The third-order valence-corrected chi connectivity index (χ3v) is 4.47. The van der Waals surface area contributed by atoms with Crippen molar-refractivity contribution in [3.8, 4) is 11.5 Å². The van der Waals surface area contributed by atoms with Crippen LogP contribution in [-0.4, -0.2) is 47.2 Å². The molecule has 0 fully saturated rings. The number of rotatable bonds is 10. The molecule has 0 aliphatic heterocycles. The van der Waals surface area contributed by atoms with Gasteiger partial charge in [0.05, 0.1) is 24.1 Å². The van der Waals surface area contributed by atoms with Crippen LogP contribution < -0.4 is 20.7 Å². The molecule has 28 heavy (non-hydrogen) atoms.